The first-order valence-corrected chi connectivity index (χ1v) is 5.97. The molecule has 0 amide bonds. The first kappa shape index (κ1) is 11.8. The number of rotatable bonds is 3. The van der Waals surface area contributed by atoms with Crippen molar-refractivity contribution in [2.75, 3.05) is 0 Å². The maximum Gasteiger partial charge on any atom is 0.0555 e. The lowest BCUT2D eigenvalue weighted by molar-refractivity contribution is 0.855. The molecule has 88 valence electrons. The van der Waals surface area contributed by atoms with Crippen LogP contribution in [0.2, 0.25) is 0 Å². The molecule has 17 heavy (non-hydrogen) atoms. The van der Waals surface area contributed by atoms with Crippen molar-refractivity contribution in [3.63, 3.8) is 0 Å². The Morgan fingerprint density at radius 2 is 1.88 bits per heavy atom. The van der Waals surface area contributed by atoms with Gasteiger partial charge in [0, 0.05) is 12.4 Å². The Bertz CT molecular complexity index is 489. The number of aromatic nitrogens is 1. The highest BCUT2D eigenvalue weighted by Gasteiger charge is 2.10. The highest BCUT2D eigenvalue weighted by atomic mass is 14.7. The third-order valence-corrected chi connectivity index (χ3v) is 3.15. The molecule has 1 aromatic heterocycles. The predicted octanol–water partition coefficient (Wildman–Crippen LogP) is 3.00. The molecular formula is C15H18N2. The van der Waals surface area contributed by atoms with Gasteiger partial charge in [-0.05, 0) is 41.7 Å². The molecule has 0 spiro atoms. The minimum absolute atomic E-state index is 0.0658. The standard InChI is InChI=1S/C15H18N2/c1-3-12-4-6-13(7-5-12)15(16)14-8-9-17-10-11(14)2/h4-10,15H,3,16H2,1-2H3. The molecule has 1 unspecified atom stereocenters. The van der Waals surface area contributed by atoms with E-state index in [1.54, 1.807) is 6.20 Å². The number of hydrogen-bond acceptors (Lipinski definition) is 2. The lowest BCUT2D eigenvalue weighted by Gasteiger charge is -2.15. The third-order valence-electron chi connectivity index (χ3n) is 3.15. The number of nitrogens with two attached hydrogens (primary N) is 1. The van der Waals surface area contributed by atoms with Gasteiger partial charge in [0.15, 0.2) is 0 Å². The van der Waals surface area contributed by atoms with Crippen LogP contribution in [0.15, 0.2) is 42.7 Å². The van der Waals surface area contributed by atoms with Gasteiger partial charge in [0.2, 0.25) is 0 Å². The van der Waals surface area contributed by atoms with Crippen LogP contribution >= 0.6 is 0 Å². The topological polar surface area (TPSA) is 38.9 Å². The highest BCUT2D eigenvalue weighted by molar-refractivity contribution is 5.35. The summed E-state index contributed by atoms with van der Waals surface area (Å²) in [5.41, 5.74) is 11.1. The van der Waals surface area contributed by atoms with Gasteiger partial charge in [0.25, 0.3) is 0 Å². The van der Waals surface area contributed by atoms with Gasteiger partial charge in [-0.1, -0.05) is 31.2 Å². The molecule has 0 fully saturated rings. The summed E-state index contributed by atoms with van der Waals surface area (Å²) in [6.07, 6.45) is 4.71. The van der Waals surface area contributed by atoms with E-state index >= 15 is 0 Å². The predicted molar refractivity (Wildman–Crippen MR) is 70.8 cm³/mol. The average Bonchev–Trinajstić information content (AvgIpc) is 2.39. The number of nitrogens with zero attached hydrogens (tertiary/aromatic N) is 1. The summed E-state index contributed by atoms with van der Waals surface area (Å²) in [4.78, 5) is 4.09. The SMILES string of the molecule is CCc1ccc(C(N)c2ccncc2C)cc1. The summed E-state index contributed by atoms with van der Waals surface area (Å²) in [5.74, 6) is 0. The minimum atomic E-state index is -0.0658. The molecule has 2 N–H and O–H groups in total. The largest absolute Gasteiger partial charge is 0.320 e. The van der Waals surface area contributed by atoms with Crippen molar-refractivity contribution in [2.24, 2.45) is 5.73 Å². The van der Waals surface area contributed by atoms with Crippen LogP contribution in [0.4, 0.5) is 0 Å². The molecule has 2 heteroatoms. The Kier molecular flexibility index (Phi) is 3.55. The molecule has 0 saturated heterocycles. The summed E-state index contributed by atoms with van der Waals surface area (Å²) in [6, 6.07) is 10.4. The normalized spacial score (nSPS) is 12.4. The van der Waals surface area contributed by atoms with E-state index in [0.29, 0.717) is 0 Å². The van der Waals surface area contributed by atoms with Crippen molar-refractivity contribution in [3.8, 4) is 0 Å². The molecular weight excluding hydrogens is 208 g/mol. The van der Waals surface area contributed by atoms with E-state index in [0.717, 1.165) is 23.1 Å². The van der Waals surface area contributed by atoms with Gasteiger partial charge in [-0.2, -0.15) is 0 Å². The maximum absolute atomic E-state index is 6.28. The molecule has 0 aliphatic carbocycles. The number of pyridine rings is 1. The highest BCUT2D eigenvalue weighted by Crippen LogP contribution is 2.22. The van der Waals surface area contributed by atoms with Gasteiger partial charge >= 0.3 is 0 Å². The van der Waals surface area contributed by atoms with E-state index in [1.165, 1.54) is 5.56 Å². The summed E-state index contributed by atoms with van der Waals surface area (Å²) >= 11 is 0. The monoisotopic (exact) mass is 226 g/mol. The van der Waals surface area contributed by atoms with E-state index in [9.17, 15) is 0 Å². The third kappa shape index (κ3) is 2.53. The molecule has 0 saturated carbocycles. The van der Waals surface area contributed by atoms with Gasteiger partial charge < -0.3 is 5.73 Å². The average molecular weight is 226 g/mol. The van der Waals surface area contributed by atoms with E-state index in [2.05, 4.69) is 36.2 Å². The zero-order valence-corrected chi connectivity index (χ0v) is 10.4. The van der Waals surface area contributed by atoms with Crippen LogP contribution in [-0.2, 0) is 6.42 Å². The van der Waals surface area contributed by atoms with Gasteiger partial charge in [-0.3, -0.25) is 4.98 Å². The summed E-state index contributed by atoms with van der Waals surface area (Å²) in [5, 5.41) is 0. The molecule has 0 radical (unpaired) electrons. The second-order valence-electron chi connectivity index (χ2n) is 4.31. The van der Waals surface area contributed by atoms with Crippen molar-refractivity contribution in [2.45, 2.75) is 26.3 Å². The van der Waals surface area contributed by atoms with Crippen LogP contribution in [0, 0.1) is 6.92 Å². The second-order valence-corrected chi connectivity index (χ2v) is 4.31. The van der Waals surface area contributed by atoms with Crippen LogP contribution in [0.1, 0.15) is 35.2 Å². The number of benzene rings is 1. The fraction of sp³-hybridized carbons (Fsp3) is 0.267. The van der Waals surface area contributed by atoms with Crippen molar-refractivity contribution in [1.29, 1.82) is 0 Å². The van der Waals surface area contributed by atoms with Crippen molar-refractivity contribution >= 4 is 0 Å². The van der Waals surface area contributed by atoms with Crippen LogP contribution in [0.3, 0.4) is 0 Å². The molecule has 2 rings (SSSR count). The van der Waals surface area contributed by atoms with Gasteiger partial charge in [0.1, 0.15) is 0 Å². The molecule has 1 aromatic carbocycles. The van der Waals surface area contributed by atoms with Crippen molar-refractivity contribution < 1.29 is 0 Å². The zero-order valence-electron chi connectivity index (χ0n) is 10.4. The van der Waals surface area contributed by atoms with Crippen LogP contribution in [-0.4, -0.2) is 4.98 Å². The van der Waals surface area contributed by atoms with Crippen molar-refractivity contribution in [3.05, 3.63) is 65.0 Å². The second kappa shape index (κ2) is 5.11. The molecule has 1 heterocycles. The fourth-order valence-electron chi connectivity index (χ4n) is 1.97. The Morgan fingerprint density at radius 1 is 1.18 bits per heavy atom. The smallest absolute Gasteiger partial charge is 0.0555 e. The molecule has 0 aliphatic rings. The fourth-order valence-corrected chi connectivity index (χ4v) is 1.97. The summed E-state index contributed by atoms with van der Waals surface area (Å²) in [7, 11) is 0. The lowest BCUT2D eigenvalue weighted by Crippen LogP contribution is -2.13. The molecule has 0 bridgehead atoms. The van der Waals surface area contributed by atoms with E-state index in [4.69, 9.17) is 5.73 Å². The van der Waals surface area contributed by atoms with Crippen LogP contribution in [0.25, 0.3) is 0 Å². The Morgan fingerprint density at radius 3 is 2.47 bits per heavy atom. The van der Waals surface area contributed by atoms with Crippen molar-refractivity contribution in [1.82, 2.24) is 4.98 Å². The first-order chi connectivity index (χ1) is 8.22. The number of hydrogen-bond donors (Lipinski definition) is 1. The molecule has 1 atom stereocenters. The van der Waals surface area contributed by atoms with E-state index in [1.807, 2.05) is 19.2 Å². The minimum Gasteiger partial charge on any atom is -0.320 e. The quantitative estimate of drug-likeness (QED) is 0.873. The van der Waals surface area contributed by atoms with Crippen LogP contribution < -0.4 is 5.73 Å². The van der Waals surface area contributed by atoms with Gasteiger partial charge in [-0.25, -0.2) is 0 Å². The maximum atomic E-state index is 6.28. The summed E-state index contributed by atoms with van der Waals surface area (Å²) in [6.45, 7) is 4.20. The summed E-state index contributed by atoms with van der Waals surface area (Å²) < 4.78 is 0. The molecule has 2 aromatic rings. The Labute approximate surface area is 103 Å². The molecule has 2 nitrogen and oxygen atoms in total. The van der Waals surface area contributed by atoms with E-state index < -0.39 is 0 Å². The van der Waals surface area contributed by atoms with E-state index in [-0.39, 0.29) is 6.04 Å². The lowest BCUT2D eigenvalue weighted by atomic mass is 9.96. The number of aryl methyl sites for hydroxylation is 2. The Balaban J connectivity index is 2.30. The van der Waals surface area contributed by atoms with Gasteiger partial charge in [0.05, 0.1) is 6.04 Å². The zero-order chi connectivity index (χ0) is 12.3. The van der Waals surface area contributed by atoms with Crippen LogP contribution in [0.5, 0.6) is 0 Å². The Hall–Kier alpha value is -1.67. The van der Waals surface area contributed by atoms with Gasteiger partial charge in [-0.15, -0.1) is 0 Å². The first-order valence-electron chi connectivity index (χ1n) is 5.97. The molecule has 0 aliphatic heterocycles.